The van der Waals surface area contributed by atoms with Crippen molar-refractivity contribution in [2.45, 2.75) is 13.5 Å². The second-order valence-corrected chi connectivity index (χ2v) is 8.03. The zero-order valence-corrected chi connectivity index (χ0v) is 20.4. The summed E-state index contributed by atoms with van der Waals surface area (Å²) in [4.78, 5) is 9.53. The van der Waals surface area contributed by atoms with Crippen LogP contribution in [0.1, 0.15) is 22.7 Å². The first-order valence-electron chi connectivity index (χ1n) is 11.3. The average Bonchev–Trinajstić information content (AvgIpc) is 3.51. The number of methoxy groups -OCH3 is 2. The van der Waals surface area contributed by atoms with Crippen molar-refractivity contribution >= 4 is 16.6 Å². The van der Waals surface area contributed by atoms with Crippen molar-refractivity contribution in [2.24, 2.45) is 5.16 Å². The maximum absolute atomic E-state index is 6.00. The molecule has 0 fully saturated rings. The molecular formula is C27H25N5O4. The summed E-state index contributed by atoms with van der Waals surface area (Å²) >= 11 is 0. The Morgan fingerprint density at radius 1 is 0.944 bits per heavy atom. The van der Waals surface area contributed by atoms with E-state index in [1.165, 1.54) is 7.11 Å². The quantitative estimate of drug-likeness (QED) is 0.230. The van der Waals surface area contributed by atoms with Crippen LogP contribution in [0.25, 0.3) is 22.5 Å². The van der Waals surface area contributed by atoms with E-state index in [1.54, 1.807) is 26.5 Å². The number of oxime groups is 1. The molecule has 0 N–H and O–H groups in total. The van der Waals surface area contributed by atoms with Crippen molar-refractivity contribution in [1.82, 2.24) is 19.7 Å². The van der Waals surface area contributed by atoms with Gasteiger partial charge >= 0.3 is 0 Å². The van der Waals surface area contributed by atoms with Crippen LogP contribution >= 0.6 is 0 Å². The molecule has 0 aliphatic carbocycles. The Kier molecular flexibility index (Phi) is 6.36. The molecule has 9 nitrogen and oxygen atoms in total. The molecule has 5 aromatic rings. The molecule has 3 heterocycles. The van der Waals surface area contributed by atoms with E-state index in [9.17, 15) is 0 Å². The molecule has 0 unspecified atom stereocenters. The van der Waals surface area contributed by atoms with Crippen LogP contribution < -0.4 is 9.47 Å². The van der Waals surface area contributed by atoms with Crippen molar-refractivity contribution in [2.75, 3.05) is 21.3 Å². The summed E-state index contributed by atoms with van der Waals surface area (Å²) in [5.41, 5.74) is 4.91. The molecule has 182 valence electrons. The Morgan fingerprint density at radius 2 is 1.72 bits per heavy atom. The summed E-state index contributed by atoms with van der Waals surface area (Å²) in [6, 6.07) is 19.5. The van der Waals surface area contributed by atoms with Gasteiger partial charge in [-0.3, -0.25) is 4.98 Å². The van der Waals surface area contributed by atoms with Gasteiger partial charge < -0.3 is 23.3 Å². The lowest BCUT2D eigenvalue weighted by Gasteiger charge is -2.10. The lowest BCUT2D eigenvalue weighted by Crippen LogP contribution is -2.08. The lowest BCUT2D eigenvalue weighted by atomic mass is 10.1. The van der Waals surface area contributed by atoms with Gasteiger partial charge in [-0.25, -0.2) is 0 Å². The van der Waals surface area contributed by atoms with E-state index in [-0.39, 0.29) is 5.89 Å². The van der Waals surface area contributed by atoms with E-state index in [0.29, 0.717) is 23.8 Å². The molecule has 0 saturated heterocycles. The summed E-state index contributed by atoms with van der Waals surface area (Å²) < 4.78 is 19.0. The number of fused-ring (bicyclic) bond motifs is 1. The zero-order chi connectivity index (χ0) is 25.1. The fraction of sp³-hybridized carbons (Fsp3) is 0.185. The van der Waals surface area contributed by atoms with Crippen molar-refractivity contribution in [1.29, 1.82) is 0 Å². The second kappa shape index (κ2) is 9.91. The van der Waals surface area contributed by atoms with Crippen molar-refractivity contribution in [3.05, 3.63) is 89.6 Å². The number of benzene rings is 2. The smallest absolute Gasteiger partial charge is 0.270 e. The molecule has 0 radical (unpaired) electrons. The van der Waals surface area contributed by atoms with Crippen LogP contribution in [0.3, 0.4) is 0 Å². The summed E-state index contributed by atoms with van der Waals surface area (Å²) in [6.45, 7) is 2.68. The molecule has 0 aliphatic heterocycles. The molecule has 9 heteroatoms. The molecular weight excluding hydrogens is 458 g/mol. The number of nitrogens with zero attached hydrogens (tertiary/aromatic N) is 5. The molecule has 3 aromatic heterocycles. The van der Waals surface area contributed by atoms with Crippen LogP contribution in [0.2, 0.25) is 0 Å². The normalized spacial score (nSPS) is 11.6. The van der Waals surface area contributed by atoms with E-state index in [0.717, 1.165) is 39.2 Å². The highest BCUT2D eigenvalue weighted by atomic mass is 16.6. The van der Waals surface area contributed by atoms with Crippen LogP contribution in [-0.4, -0.2) is 46.8 Å². The van der Waals surface area contributed by atoms with Gasteiger partial charge in [0.1, 0.15) is 24.3 Å². The average molecular weight is 484 g/mol. The molecule has 0 spiro atoms. The predicted octanol–water partition coefficient (Wildman–Crippen LogP) is 4.86. The Bertz CT molecular complexity index is 1520. The van der Waals surface area contributed by atoms with Gasteiger partial charge in [0.25, 0.3) is 11.8 Å². The number of rotatable bonds is 8. The van der Waals surface area contributed by atoms with Gasteiger partial charge in [-0.1, -0.05) is 23.4 Å². The van der Waals surface area contributed by atoms with Crippen LogP contribution in [0.5, 0.6) is 11.5 Å². The first-order chi connectivity index (χ1) is 17.6. The van der Waals surface area contributed by atoms with Gasteiger partial charge in [0.05, 0.1) is 14.2 Å². The van der Waals surface area contributed by atoms with Gasteiger partial charge in [-0.05, 0) is 55.0 Å². The van der Waals surface area contributed by atoms with Gasteiger partial charge in [-0.15, -0.1) is 10.2 Å². The first kappa shape index (κ1) is 23.1. The van der Waals surface area contributed by atoms with Crippen LogP contribution in [-0.2, 0) is 11.4 Å². The standard InChI is InChI=1S/C27H25N5O4/c1-17-24(25(31-35-4)27-30-29-26(36-27)22-7-5-6-14-28-22)21-15-20(34-3)12-13-23(21)32(17)16-18-8-10-19(33-2)11-9-18/h5-15H,16H2,1-4H3. The van der Waals surface area contributed by atoms with Gasteiger partial charge in [-0.2, -0.15) is 0 Å². The van der Waals surface area contributed by atoms with Crippen molar-refractivity contribution in [3.8, 4) is 23.1 Å². The first-order valence-corrected chi connectivity index (χ1v) is 11.3. The van der Waals surface area contributed by atoms with E-state index < -0.39 is 0 Å². The summed E-state index contributed by atoms with van der Waals surface area (Å²) in [5.74, 6) is 2.06. The summed E-state index contributed by atoms with van der Waals surface area (Å²) in [7, 11) is 4.79. The number of hydrogen-bond donors (Lipinski definition) is 0. The third-order valence-corrected chi connectivity index (χ3v) is 5.96. The number of hydrogen-bond acceptors (Lipinski definition) is 8. The molecule has 0 aliphatic rings. The number of aromatic nitrogens is 4. The lowest BCUT2D eigenvalue weighted by molar-refractivity contribution is 0.213. The van der Waals surface area contributed by atoms with E-state index in [4.69, 9.17) is 18.7 Å². The highest BCUT2D eigenvalue weighted by molar-refractivity contribution is 6.18. The van der Waals surface area contributed by atoms with Gasteiger partial charge in [0.2, 0.25) is 0 Å². The minimum atomic E-state index is 0.229. The molecule has 0 atom stereocenters. The highest BCUT2D eigenvalue weighted by Gasteiger charge is 2.25. The minimum Gasteiger partial charge on any atom is -0.497 e. The third kappa shape index (κ3) is 4.26. The monoisotopic (exact) mass is 483 g/mol. The Morgan fingerprint density at radius 3 is 2.42 bits per heavy atom. The second-order valence-electron chi connectivity index (χ2n) is 8.03. The summed E-state index contributed by atoms with van der Waals surface area (Å²) in [6.07, 6.45) is 1.67. The van der Waals surface area contributed by atoms with Crippen LogP contribution in [0.15, 0.2) is 76.4 Å². The largest absolute Gasteiger partial charge is 0.497 e. The van der Waals surface area contributed by atoms with Crippen LogP contribution in [0.4, 0.5) is 0 Å². The fourth-order valence-electron chi connectivity index (χ4n) is 4.20. The maximum Gasteiger partial charge on any atom is 0.270 e. The highest BCUT2D eigenvalue weighted by Crippen LogP contribution is 2.32. The maximum atomic E-state index is 6.00. The van der Waals surface area contributed by atoms with Gasteiger partial charge in [0.15, 0.2) is 5.71 Å². The van der Waals surface area contributed by atoms with Crippen molar-refractivity contribution < 1.29 is 18.7 Å². The van der Waals surface area contributed by atoms with Gasteiger partial charge in [0, 0.05) is 34.9 Å². The third-order valence-electron chi connectivity index (χ3n) is 5.96. The summed E-state index contributed by atoms with van der Waals surface area (Å²) in [5, 5.41) is 13.7. The molecule has 36 heavy (non-hydrogen) atoms. The van der Waals surface area contributed by atoms with Crippen LogP contribution in [0, 0.1) is 6.92 Å². The molecule has 0 saturated carbocycles. The Balaban J connectivity index is 1.65. The predicted molar refractivity (Wildman–Crippen MR) is 135 cm³/mol. The molecule has 2 aromatic carbocycles. The van der Waals surface area contributed by atoms with E-state index in [2.05, 4.69) is 37.0 Å². The SMILES string of the molecule is CON=C(c1nnc(-c2ccccn2)o1)c1c(C)n(Cc2ccc(OC)cc2)c2ccc(OC)cc12. The van der Waals surface area contributed by atoms with E-state index in [1.807, 2.05) is 49.4 Å². The fourth-order valence-corrected chi connectivity index (χ4v) is 4.20. The number of pyridine rings is 1. The molecule has 5 rings (SSSR count). The molecule has 0 amide bonds. The van der Waals surface area contributed by atoms with Crippen molar-refractivity contribution in [3.63, 3.8) is 0 Å². The van der Waals surface area contributed by atoms with E-state index >= 15 is 0 Å². The minimum absolute atomic E-state index is 0.229. The molecule has 0 bridgehead atoms. The number of ether oxygens (including phenoxy) is 2. The zero-order valence-electron chi connectivity index (χ0n) is 20.4. The Labute approximate surface area is 208 Å². The Hall–Kier alpha value is -4.66. The topological polar surface area (TPSA) is 96.8 Å².